The average Bonchev–Trinajstić information content (AvgIpc) is 2.44. The Labute approximate surface area is 121 Å². The Hall–Kier alpha value is -1.55. The second-order valence-corrected chi connectivity index (χ2v) is 5.27. The average molecular weight is 279 g/mol. The predicted octanol–water partition coefficient (Wildman–Crippen LogP) is 2.21. The molecular weight excluding hydrogens is 254 g/mol. The molecule has 4 nitrogen and oxygen atoms in total. The molecule has 2 N–H and O–H groups in total. The molecule has 1 unspecified atom stereocenters. The van der Waals surface area contributed by atoms with Crippen molar-refractivity contribution in [2.45, 2.75) is 33.6 Å². The molecule has 0 radical (unpaired) electrons. The summed E-state index contributed by atoms with van der Waals surface area (Å²) >= 11 is 0. The van der Waals surface area contributed by atoms with Crippen LogP contribution in [0.15, 0.2) is 18.2 Å². The molecule has 20 heavy (non-hydrogen) atoms. The first-order chi connectivity index (χ1) is 9.54. The Kier molecular flexibility index (Phi) is 7.09. The highest BCUT2D eigenvalue weighted by molar-refractivity contribution is 5.77. The van der Waals surface area contributed by atoms with Gasteiger partial charge in [-0.25, -0.2) is 0 Å². The van der Waals surface area contributed by atoms with Crippen LogP contribution >= 0.6 is 0 Å². The molecule has 0 heterocycles. The maximum Gasteiger partial charge on any atom is 0.257 e. The van der Waals surface area contributed by atoms with Crippen LogP contribution in [0.3, 0.4) is 0 Å². The second-order valence-electron chi connectivity index (χ2n) is 5.27. The van der Waals surface area contributed by atoms with Gasteiger partial charge in [0.2, 0.25) is 0 Å². The first-order valence-electron chi connectivity index (χ1n) is 7.11. The number of carbonyl (C=O) groups is 1. The molecule has 0 saturated heterocycles. The van der Waals surface area contributed by atoms with Crippen molar-refractivity contribution in [2.24, 2.45) is 5.92 Å². The van der Waals surface area contributed by atoms with Crippen LogP contribution in [0.2, 0.25) is 0 Å². The van der Waals surface area contributed by atoms with E-state index in [1.165, 1.54) is 0 Å². The lowest BCUT2D eigenvalue weighted by Gasteiger charge is -2.11. The Balaban J connectivity index is 2.25. The molecule has 0 fully saturated rings. The maximum absolute atomic E-state index is 11.6. The molecule has 112 valence electrons. The number of hydrogen-bond acceptors (Lipinski definition) is 3. The monoisotopic (exact) mass is 279 g/mol. The lowest BCUT2D eigenvalue weighted by atomic mass is 10.1. The Bertz CT molecular complexity index is 432. The lowest BCUT2D eigenvalue weighted by Crippen LogP contribution is -2.30. The molecule has 1 aromatic carbocycles. The van der Waals surface area contributed by atoms with Gasteiger partial charge in [-0.15, -0.1) is 0 Å². The van der Waals surface area contributed by atoms with Crippen molar-refractivity contribution in [2.75, 3.05) is 19.8 Å². The molecule has 0 aliphatic carbocycles. The van der Waals surface area contributed by atoms with Crippen LogP contribution in [0.5, 0.6) is 5.75 Å². The predicted molar refractivity (Wildman–Crippen MR) is 79.9 cm³/mol. The molecule has 0 spiro atoms. The summed E-state index contributed by atoms with van der Waals surface area (Å²) in [5, 5.41) is 11.7. The van der Waals surface area contributed by atoms with Crippen LogP contribution in [-0.4, -0.2) is 30.8 Å². The molecule has 1 aromatic rings. The Morgan fingerprint density at radius 1 is 1.40 bits per heavy atom. The van der Waals surface area contributed by atoms with E-state index in [4.69, 9.17) is 9.84 Å². The summed E-state index contributed by atoms with van der Waals surface area (Å²) in [5.41, 5.74) is 2.22. The topological polar surface area (TPSA) is 58.6 Å². The molecule has 1 atom stereocenters. The van der Waals surface area contributed by atoms with Gasteiger partial charge in [-0.05, 0) is 49.8 Å². The normalized spacial score (nSPS) is 12.0. The van der Waals surface area contributed by atoms with E-state index < -0.39 is 0 Å². The van der Waals surface area contributed by atoms with Gasteiger partial charge in [-0.2, -0.15) is 0 Å². The van der Waals surface area contributed by atoms with Gasteiger partial charge in [-0.3, -0.25) is 4.79 Å². The van der Waals surface area contributed by atoms with E-state index in [1.54, 1.807) is 0 Å². The SMILES string of the molecule is Cc1cccc(OCC(=O)NCCCC(C)CO)c1C. The number of carbonyl (C=O) groups excluding carboxylic acids is 1. The van der Waals surface area contributed by atoms with Gasteiger partial charge in [0.1, 0.15) is 5.75 Å². The van der Waals surface area contributed by atoms with E-state index in [2.05, 4.69) is 5.32 Å². The number of nitrogens with one attached hydrogen (secondary N) is 1. The van der Waals surface area contributed by atoms with E-state index in [0.29, 0.717) is 6.54 Å². The van der Waals surface area contributed by atoms with Crippen LogP contribution in [-0.2, 0) is 4.79 Å². The van der Waals surface area contributed by atoms with Crippen molar-refractivity contribution >= 4 is 5.91 Å². The van der Waals surface area contributed by atoms with Crippen LogP contribution in [0.1, 0.15) is 30.9 Å². The molecule has 0 aromatic heterocycles. The summed E-state index contributed by atoms with van der Waals surface area (Å²) in [6.07, 6.45) is 1.78. The molecule has 1 rings (SSSR count). The van der Waals surface area contributed by atoms with Crippen molar-refractivity contribution in [3.63, 3.8) is 0 Å². The number of aliphatic hydroxyl groups excluding tert-OH is 1. The first-order valence-corrected chi connectivity index (χ1v) is 7.11. The van der Waals surface area contributed by atoms with E-state index in [0.717, 1.165) is 29.7 Å². The summed E-state index contributed by atoms with van der Waals surface area (Å²) in [6.45, 7) is 6.86. The number of ether oxygens (including phenoxy) is 1. The number of hydrogen-bond donors (Lipinski definition) is 2. The maximum atomic E-state index is 11.6. The first kappa shape index (κ1) is 16.5. The number of rotatable bonds is 8. The number of amides is 1. The summed E-state index contributed by atoms with van der Waals surface area (Å²) in [5.74, 6) is 0.940. The molecule has 1 amide bonds. The van der Waals surface area contributed by atoms with E-state index in [9.17, 15) is 4.79 Å². The van der Waals surface area contributed by atoms with Gasteiger partial charge in [0.25, 0.3) is 5.91 Å². The fourth-order valence-corrected chi connectivity index (χ4v) is 1.84. The number of aryl methyl sites for hydroxylation is 1. The lowest BCUT2D eigenvalue weighted by molar-refractivity contribution is -0.123. The standard InChI is InChI=1S/C16H25NO3/c1-12(10-18)6-5-9-17-16(19)11-20-15-8-4-7-13(2)14(15)3/h4,7-8,12,18H,5-6,9-11H2,1-3H3,(H,17,19). The van der Waals surface area contributed by atoms with Gasteiger partial charge in [0.15, 0.2) is 6.61 Å². The molecule has 4 heteroatoms. The minimum Gasteiger partial charge on any atom is -0.483 e. The molecule has 0 bridgehead atoms. The number of benzene rings is 1. The van der Waals surface area contributed by atoms with Crippen molar-refractivity contribution in [1.82, 2.24) is 5.32 Å². The quantitative estimate of drug-likeness (QED) is 0.717. The van der Waals surface area contributed by atoms with Crippen molar-refractivity contribution in [1.29, 1.82) is 0 Å². The van der Waals surface area contributed by atoms with E-state index in [-0.39, 0.29) is 25.0 Å². The fraction of sp³-hybridized carbons (Fsp3) is 0.562. The zero-order chi connectivity index (χ0) is 15.0. The third-order valence-corrected chi connectivity index (χ3v) is 3.42. The highest BCUT2D eigenvalue weighted by atomic mass is 16.5. The Morgan fingerprint density at radius 3 is 2.85 bits per heavy atom. The van der Waals surface area contributed by atoms with Crippen LogP contribution in [0, 0.1) is 19.8 Å². The summed E-state index contributed by atoms with van der Waals surface area (Å²) in [7, 11) is 0. The molecule has 0 aliphatic rings. The second kappa shape index (κ2) is 8.59. The largest absolute Gasteiger partial charge is 0.483 e. The zero-order valence-corrected chi connectivity index (χ0v) is 12.6. The molecular formula is C16H25NO3. The molecule has 0 saturated carbocycles. The highest BCUT2D eigenvalue weighted by Crippen LogP contribution is 2.20. The van der Waals surface area contributed by atoms with Crippen molar-refractivity contribution in [3.8, 4) is 5.75 Å². The van der Waals surface area contributed by atoms with Gasteiger partial charge in [-0.1, -0.05) is 19.1 Å². The Morgan fingerprint density at radius 2 is 2.15 bits per heavy atom. The van der Waals surface area contributed by atoms with Crippen molar-refractivity contribution in [3.05, 3.63) is 29.3 Å². The van der Waals surface area contributed by atoms with Gasteiger partial charge in [0.05, 0.1) is 0 Å². The number of aliphatic hydroxyl groups is 1. The van der Waals surface area contributed by atoms with Crippen LogP contribution < -0.4 is 10.1 Å². The van der Waals surface area contributed by atoms with Crippen molar-refractivity contribution < 1.29 is 14.6 Å². The van der Waals surface area contributed by atoms with Gasteiger partial charge >= 0.3 is 0 Å². The van der Waals surface area contributed by atoms with Gasteiger partial charge < -0.3 is 15.2 Å². The van der Waals surface area contributed by atoms with E-state index >= 15 is 0 Å². The van der Waals surface area contributed by atoms with Gasteiger partial charge in [0, 0.05) is 13.2 Å². The third-order valence-electron chi connectivity index (χ3n) is 3.42. The smallest absolute Gasteiger partial charge is 0.257 e. The fourth-order valence-electron chi connectivity index (χ4n) is 1.84. The molecule has 0 aliphatic heterocycles. The summed E-state index contributed by atoms with van der Waals surface area (Å²) in [6, 6.07) is 5.81. The van der Waals surface area contributed by atoms with Crippen LogP contribution in [0.4, 0.5) is 0 Å². The zero-order valence-electron chi connectivity index (χ0n) is 12.6. The summed E-state index contributed by atoms with van der Waals surface area (Å²) in [4.78, 5) is 11.6. The minimum atomic E-state index is -0.109. The van der Waals surface area contributed by atoms with Crippen LogP contribution in [0.25, 0.3) is 0 Å². The van der Waals surface area contributed by atoms with E-state index in [1.807, 2.05) is 39.0 Å². The highest BCUT2D eigenvalue weighted by Gasteiger charge is 2.06. The summed E-state index contributed by atoms with van der Waals surface area (Å²) < 4.78 is 5.53. The third kappa shape index (κ3) is 5.61. The minimum absolute atomic E-state index is 0.0415.